The van der Waals surface area contributed by atoms with Crippen molar-refractivity contribution in [3.63, 3.8) is 0 Å². The Morgan fingerprint density at radius 3 is 2.58 bits per heavy atom. The molecule has 128 valence electrons. The number of carbonyl (C=O) groups is 3. The fraction of sp³-hybridized carbons (Fsp3) is 0.471. The molecule has 0 aliphatic carbocycles. The molecule has 0 saturated carbocycles. The third-order valence-electron chi connectivity index (χ3n) is 4.61. The largest absolute Gasteiger partial charge is 0.338 e. The monoisotopic (exact) mass is 333 g/mol. The zero-order valence-corrected chi connectivity index (χ0v) is 13.6. The molecule has 0 bridgehead atoms. The highest BCUT2D eigenvalue weighted by Crippen LogP contribution is 2.22. The van der Waals surface area contributed by atoms with Gasteiger partial charge in [0.15, 0.2) is 0 Å². The highest BCUT2D eigenvalue weighted by atomic mass is 19.1. The Hall–Kier alpha value is -2.44. The van der Waals surface area contributed by atoms with E-state index in [9.17, 15) is 18.8 Å². The van der Waals surface area contributed by atoms with Gasteiger partial charge in [0.1, 0.15) is 18.9 Å². The van der Waals surface area contributed by atoms with Crippen molar-refractivity contribution in [1.29, 1.82) is 0 Å². The van der Waals surface area contributed by atoms with Gasteiger partial charge in [-0.3, -0.25) is 14.5 Å². The van der Waals surface area contributed by atoms with Gasteiger partial charge in [-0.05, 0) is 37.0 Å². The van der Waals surface area contributed by atoms with E-state index in [1.54, 1.807) is 17.0 Å². The van der Waals surface area contributed by atoms with Crippen molar-refractivity contribution in [2.45, 2.75) is 25.3 Å². The lowest BCUT2D eigenvalue weighted by molar-refractivity contribution is -0.137. The van der Waals surface area contributed by atoms with Crippen LogP contribution in [0.4, 0.5) is 9.18 Å². The first-order valence-corrected chi connectivity index (χ1v) is 8.05. The average molecular weight is 333 g/mol. The summed E-state index contributed by atoms with van der Waals surface area (Å²) in [5, 5.41) is 0. The van der Waals surface area contributed by atoms with Gasteiger partial charge in [-0.1, -0.05) is 12.1 Å². The van der Waals surface area contributed by atoms with Crippen molar-refractivity contribution >= 4 is 17.8 Å². The Morgan fingerprint density at radius 2 is 1.96 bits per heavy atom. The second-order valence-corrected chi connectivity index (χ2v) is 6.33. The van der Waals surface area contributed by atoms with E-state index in [0.29, 0.717) is 13.0 Å². The van der Waals surface area contributed by atoms with Crippen LogP contribution in [0.15, 0.2) is 24.3 Å². The first kappa shape index (κ1) is 16.4. The highest BCUT2D eigenvalue weighted by molar-refractivity contribution is 6.04. The quantitative estimate of drug-likeness (QED) is 0.779. The summed E-state index contributed by atoms with van der Waals surface area (Å²) in [6.45, 7) is 0.434. The highest BCUT2D eigenvalue weighted by Gasteiger charge is 2.37. The lowest BCUT2D eigenvalue weighted by Crippen LogP contribution is -2.45. The van der Waals surface area contributed by atoms with Crippen LogP contribution in [0.3, 0.4) is 0 Å². The van der Waals surface area contributed by atoms with Crippen LogP contribution >= 0.6 is 0 Å². The summed E-state index contributed by atoms with van der Waals surface area (Å²) in [6, 6.07) is 5.86. The predicted octanol–water partition coefficient (Wildman–Crippen LogP) is 1.25. The molecule has 4 amide bonds. The normalized spacial score (nSPS) is 21.1. The van der Waals surface area contributed by atoms with Crippen LogP contribution < -0.4 is 0 Å². The Morgan fingerprint density at radius 1 is 1.25 bits per heavy atom. The summed E-state index contributed by atoms with van der Waals surface area (Å²) >= 11 is 0. The molecule has 1 aromatic carbocycles. The van der Waals surface area contributed by atoms with Crippen molar-refractivity contribution in [3.05, 3.63) is 35.6 Å². The van der Waals surface area contributed by atoms with E-state index in [-0.39, 0.29) is 36.8 Å². The van der Waals surface area contributed by atoms with Gasteiger partial charge in [-0.15, -0.1) is 0 Å². The molecule has 2 saturated heterocycles. The number of amides is 4. The lowest BCUT2D eigenvalue weighted by Gasteiger charge is -2.26. The topological polar surface area (TPSA) is 60.9 Å². The van der Waals surface area contributed by atoms with Crippen molar-refractivity contribution in [1.82, 2.24) is 14.7 Å². The Balaban J connectivity index is 1.64. The maximum absolute atomic E-state index is 13.0. The molecule has 6 nitrogen and oxygen atoms in total. The van der Waals surface area contributed by atoms with Crippen LogP contribution in [-0.2, 0) is 16.0 Å². The molecule has 2 aliphatic rings. The number of likely N-dealkylation sites (N-methyl/N-ethyl adjacent to an activating group) is 1. The van der Waals surface area contributed by atoms with E-state index in [0.717, 1.165) is 23.3 Å². The molecular formula is C17H20FN3O3. The number of carbonyl (C=O) groups excluding carboxylic acids is 3. The number of hydrogen-bond acceptors (Lipinski definition) is 3. The molecule has 3 rings (SSSR count). The lowest BCUT2D eigenvalue weighted by atomic mass is 10.0. The molecular weight excluding hydrogens is 313 g/mol. The van der Waals surface area contributed by atoms with Crippen LogP contribution in [0.1, 0.15) is 18.4 Å². The maximum Gasteiger partial charge on any atom is 0.327 e. The van der Waals surface area contributed by atoms with Gasteiger partial charge in [0, 0.05) is 19.6 Å². The van der Waals surface area contributed by atoms with Gasteiger partial charge >= 0.3 is 6.03 Å². The predicted molar refractivity (Wildman–Crippen MR) is 84.6 cm³/mol. The molecule has 0 unspecified atom stereocenters. The van der Waals surface area contributed by atoms with Gasteiger partial charge < -0.3 is 9.80 Å². The number of imide groups is 1. The van der Waals surface area contributed by atoms with Crippen molar-refractivity contribution in [2.24, 2.45) is 0 Å². The zero-order chi connectivity index (χ0) is 17.3. The van der Waals surface area contributed by atoms with Gasteiger partial charge in [0.2, 0.25) is 5.91 Å². The average Bonchev–Trinajstić information content (AvgIpc) is 3.10. The Kier molecular flexibility index (Phi) is 4.51. The minimum atomic E-state index is -0.428. The van der Waals surface area contributed by atoms with Crippen LogP contribution in [0, 0.1) is 5.82 Å². The van der Waals surface area contributed by atoms with E-state index in [2.05, 4.69) is 0 Å². The molecule has 7 heteroatoms. The molecule has 2 heterocycles. The first-order valence-electron chi connectivity index (χ1n) is 8.05. The second kappa shape index (κ2) is 6.59. The minimum absolute atomic E-state index is 0.0190. The molecule has 24 heavy (non-hydrogen) atoms. The fourth-order valence-corrected chi connectivity index (χ4v) is 3.32. The molecule has 0 N–H and O–H groups in total. The van der Waals surface area contributed by atoms with Gasteiger partial charge in [-0.25, -0.2) is 9.18 Å². The maximum atomic E-state index is 13.0. The van der Waals surface area contributed by atoms with Crippen LogP contribution in [0.5, 0.6) is 0 Å². The van der Waals surface area contributed by atoms with Crippen molar-refractivity contribution in [3.8, 4) is 0 Å². The van der Waals surface area contributed by atoms with E-state index in [1.165, 1.54) is 24.1 Å². The third-order valence-corrected chi connectivity index (χ3v) is 4.61. The second-order valence-electron chi connectivity index (χ2n) is 6.33. The number of likely N-dealkylation sites (tertiary alicyclic amines) is 1. The SMILES string of the molecule is CN1CC(=O)N(CC(=O)N2CCC[C@H]2Cc2ccc(F)cc2)C1=O. The van der Waals surface area contributed by atoms with Crippen LogP contribution in [-0.4, -0.2) is 65.3 Å². The zero-order valence-electron chi connectivity index (χ0n) is 13.6. The van der Waals surface area contributed by atoms with E-state index >= 15 is 0 Å². The van der Waals surface area contributed by atoms with Crippen LogP contribution in [0.25, 0.3) is 0 Å². The summed E-state index contributed by atoms with van der Waals surface area (Å²) in [5.74, 6) is -0.838. The molecule has 0 aromatic heterocycles. The number of nitrogens with zero attached hydrogens (tertiary/aromatic N) is 3. The summed E-state index contributed by atoms with van der Waals surface area (Å²) in [4.78, 5) is 40.3. The number of rotatable bonds is 4. The third kappa shape index (κ3) is 3.25. The summed E-state index contributed by atoms with van der Waals surface area (Å²) in [7, 11) is 1.54. The molecule has 2 aliphatic heterocycles. The Labute approximate surface area is 139 Å². The van der Waals surface area contributed by atoms with Gasteiger partial charge in [0.25, 0.3) is 5.91 Å². The summed E-state index contributed by atoms with van der Waals surface area (Å²) < 4.78 is 13.0. The Bertz CT molecular complexity index is 662. The smallest absolute Gasteiger partial charge is 0.327 e. The number of hydrogen-bond donors (Lipinski definition) is 0. The molecule has 0 spiro atoms. The molecule has 0 radical (unpaired) electrons. The molecule has 2 fully saturated rings. The first-order chi connectivity index (χ1) is 11.5. The van der Waals surface area contributed by atoms with E-state index in [1.807, 2.05) is 0 Å². The van der Waals surface area contributed by atoms with Crippen molar-refractivity contribution < 1.29 is 18.8 Å². The summed E-state index contributed by atoms with van der Waals surface area (Å²) in [6.07, 6.45) is 2.40. The minimum Gasteiger partial charge on any atom is -0.338 e. The fourth-order valence-electron chi connectivity index (χ4n) is 3.32. The van der Waals surface area contributed by atoms with E-state index < -0.39 is 6.03 Å². The van der Waals surface area contributed by atoms with Gasteiger partial charge in [0.05, 0.1) is 0 Å². The number of halogens is 1. The molecule has 1 atom stereocenters. The number of benzene rings is 1. The van der Waals surface area contributed by atoms with E-state index in [4.69, 9.17) is 0 Å². The van der Waals surface area contributed by atoms with Gasteiger partial charge in [-0.2, -0.15) is 0 Å². The summed E-state index contributed by atoms with van der Waals surface area (Å²) in [5.41, 5.74) is 0.967. The standard InChI is InChI=1S/C17H20FN3O3/c1-19-10-15(22)21(17(19)24)11-16(23)20-8-2-3-14(20)9-12-4-6-13(18)7-5-12/h4-7,14H,2-3,8-11H2,1H3/t14-/m0/s1. The molecule has 1 aromatic rings. The van der Waals surface area contributed by atoms with Crippen LogP contribution in [0.2, 0.25) is 0 Å². The van der Waals surface area contributed by atoms with Crippen molar-refractivity contribution in [2.75, 3.05) is 26.7 Å². The number of urea groups is 1.